The highest BCUT2D eigenvalue weighted by molar-refractivity contribution is 6.07. The van der Waals surface area contributed by atoms with Gasteiger partial charge in [-0.2, -0.15) is 0 Å². The second-order valence-electron chi connectivity index (χ2n) is 6.25. The molecule has 0 saturated heterocycles. The van der Waals surface area contributed by atoms with Crippen LogP contribution in [0.25, 0.3) is 33.4 Å². The Kier molecular flexibility index (Phi) is 5.38. The molecular formula is C22H19ClN2O3. The van der Waals surface area contributed by atoms with Crippen LogP contribution in [0.3, 0.4) is 0 Å². The molecule has 0 spiro atoms. The highest BCUT2D eigenvalue weighted by Crippen LogP contribution is 2.41. The Labute approximate surface area is 168 Å². The fourth-order valence-electron chi connectivity index (χ4n) is 3.38. The number of carboxylic acid groups (broad SMARTS) is 1. The molecule has 5 nitrogen and oxygen atoms in total. The zero-order chi connectivity index (χ0) is 19.0. The molecule has 1 aliphatic carbocycles. The van der Waals surface area contributed by atoms with Crippen molar-refractivity contribution in [1.82, 2.24) is 0 Å². The van der Waals surface area contributed by atoms with Crippen molar-refractivity contribution in [1.29, 1.82) is 0 Å². The summed E-state index contributed by atoms with van der Waals surface area (Å²) in [6.45, 7) is 0. The quantitative estimate of drug-likeness (QED) is 0.412. The first-order chi connectivity index (χ1) is 13.1. The second kappa shape index (κ2) is 7.74. The maximum atomic E-state index is 11.8. The lowest BCUT2D eigenvalue weighted by Crippen LogP contribution is -3.00. The van der Waals surface area contributed by atoms with Gasteiger partial charge in [0.05, 0.1) is 11.6 Å². The van der Waals surface area contributed by atoms with Crippen molar-refractivity contribution >= 4 is 22.6 Å². The van der Waals surface area contributed by atoms with Crippen LogP contribution in [0.15, 0.2) is 65.1 Å². The summed E-state index contributed by atoms with van der Waals surface area (Å²) in [4.78, 5) is 14.9. The normalized spacial score (nSPS) is 11.4. The first-order valence-corrected chi connectivity index (χ1v) is 8.64. The number of hydrogen-bond donors (Lipinski definition) is 3. The minimum atomic E-state index is -0.952. The number of aromatic carboxylic acids is 1. The van der Waals surface area contributed by atoms with E-state index in [9.17, 15) is 9.90 Å². The number of nitrogens with one attached hydrogen (secondary N) is 2. The van der Waals surface area contributed by atoms with Gasteiger partial charge in [0, 0.05) is 41.4 Å². The third-order valence-electron chi connectivity index (χ3n) is 4.73. The van der Waals surface area contributed by atoms with Crippen LogP contribution in [0, 0.1) is 0 Å². The Morgan fingerprint density at radius 1 is 1.04 bits per heavy atom. The molecule has 0 fully saturated rings. The summed E-state index contributed by atoms with van der Waals surface area (Å²) in [5, 5.41) is 14.6. The Balaban J connectivity index is 0.00000225. The third-order valence-corrected chi connectivity index (χ3v) is 4.73. The topological polar surface area (TPSA) is 76.4 Å². The van der Waals surface area contributed by atoms with Crippen LogP contribution in [0.5, 0.6) is 0 Å². The maximum Gasteiger partial charge on any atom is 0.336 e. The average Bonchev–Trinajstić information content (AvgIpc) is 2.71. The fourth-order valence-corrected chi connectivity index (χ4v) is 3.38. The van der Waals surface area contributed by atoms with Crippen LogP contribution in [-0.4, -0.2) is 25.2 Å². The van der Waals surface area contributed by atoms with E-state index in [1.165, 1.54) is 0 Å². The predicted octanol–water partition coefficient (Wildman–Crippen LogP) is -0.440. The van der Waals surface area contributed by atoms with Crippen molar-refractivity contribution in [3.63, 3.8) is 0 Å². The van der Waals surface area contributed by atoms with Crippen molar-refractivity contribution in [2.75, 3.05) is 19.4 Å². The van der Waals surface area contributed by atoms with Gasteiger partial charge in [-0.1, -0.05) is 18.2 Å². The molecule has 0 unspecified atom stereocenters. The Hall–Kier alpha value is -3.31. The average molecular weight is 395 g/mol. The summed E-state index contributed by atoms with van der Waals surface area (Å²) in [6.07, 6.45) is 0. The number of halogens is 1. The lowest BCUT2D eigenvalue weighted by Gasteiger charge is -2.17. The first-order valence-electron chi connectivity index (χ1n) is 8.64. The molecule has 0 amide bonds. The summed E-state index contributed by atoms with van der Waals surface area (Å²) in [7, 11) is 3.70. The smallest absolute Gasteiger partial charge is 0.336 e. The van der Waals surface area contributed by atoms with E-state index in [-0.39, 0.29) is 18.0 Å². The van der Waals surface area contributed by atoms with E-state index < -0.39 is 5.97 Å². The molecule has 0 saturated carbocycles. The van der Waals surface area contributed by atoms with Gasteiger partial charge in [-0.15, -0.1) is 0 Å². The number of hydrogen-bond acceptors (Lipinski definition) is 3. The monoisotopic (exact) mass is 394 g/mol. The van der Waals surface area contributed by atoms with Gasteiger partial charge in [0.25, 0.3) is 0 Å². The molecular weight excluding hydrogens is 376 g/mol. The van der Waals surface area contributed by atoms with E-state index in [1.807, 2.05) is 62.6 Å². The van der Waals surface area contributed by atoms with Gasteiger partial charge >= 0.3 is 5.97 Å². The lowest BCUT2D eigenvalue weighted by molar-refractivity contribution is -0.465. The summed E-state index contributed by atoms with van der Waals surface area (Å²) in [5.74, 6) is -0.260. The molecule has 2 aromatic rings. The molecule has 6 heteroatoms. The number of benzene rings is 3. The zero-order valence-electron chi connectivity index (χ0n) is 15.4. The largest absolute Gasteiger partial charge is 1.00 e. The standard InChI is InChI=1S/C22H18N2O3.ClH/c1-23-13-7-9-17-19(11-13)27-20-12-14(24-2)8-10-18(20)21(17)15-5-3-4-6-16(15)22(25)26;/h3-12,23H,1-2H3,(H,25,26);1H. The van der Waals surface area contributed by atoms with Gasteiger partial charge in [-0.25, -0.2) is 9.79 Å². The van der Waals surface area contributed by atoms with E-state index in [2.05, 4.69) is 10.3 Å². The lowest BCUT2D eigenvalue weighted by atomic mass is 9.91. The number of carbonyl (C=O) groups is 1. The van der Waals surface area contributed by atoms with Gasteiger partial charge in [0.1, 0.15) is 18.4 Å². The van der Waals surface area contributed by atoms with Gasteiger partial charge in [-0.3, -0.25) is 0 Å². The molecule has 2 aromatic carbocycles. The molecule has 142 valence electrons. The van der Waals surface area contributed by atoms with E-state index >= 15 is 0 Å². The minimum absolute atomic E-state index is 0. The SMILES string of the molecule is CNc1ccc2c(-c3ccccc3C(=O)O)c3ccc(=[NH+]C)cc-3oc2c1.[Cl-]. The Morgan fingerprint density at radius 3 is 2.54 bits per heavy atom. The number of carboxylic acids is 1. The number of anilines is 1. The fraction of sp³-hybridized carbons (Fsp3) is 0.0909. The van der Waals surface area contributed by atoms with Crippen LogP contribution < -0.4 is 28.1 Å². The molecule has 0 radical (unpaired) electrons. The van der Waals surface area contributed by atoms with E-state index in [0.717, 1.165) is 27.6 Å². The van der Waals surface area contributed by atoms with Crippen molar-refractivity contribution in [3.8, 4) is 22.5 Å². The van der Waals surface area contributed by atoms with Crippen molar-refractivity contribution < 1.29 is 31.7 Å². The molecule has 2 aliphatic rings. The predicted molar refractivity (Wildman–Crippen MR) is 105 cm³/mol. The van der Waals surface area contributed by atoms with Gasteiger partial charge in [0.15, 0.2) is 0 Å². The summed E-state index contributed by atoms with van der Waals surface area (Å²) in [5.41, 5.74) is 4.28. The van der Waals surface area contributed by atoms with E-state index in [4.69, 9.17) is 4.42 Å². The Morgan fingerprint density at radius 2 is 1.82 bits per heavy atom. The molecule has 0 atom stereocenters. The van der Waals surface area contributed by atoms with E-state index in [1.54, 1.807) is 12.1 Å². The maximum absolute atomic E-state index is 11.8. The van der Waals surface area contributed by atoms with Gasteiger partial charge in [-0.05, 0) is 29.8 Å². The minimum Gasteiger partial charge on any atom is -1.00 e. The summed E-state index contributed by atoms with van der Waals surface area (Å²) >= 11 is 0. The molecule has 3 N–H and O–H groups in total. The second-order valence-corrected chi connectivity index (χ2v) is 6.25. The highest BCUT2D eigenvalue weighted by Gasteiger charge is 2.21. The van der Waals surface area contributed by atoms with Crippen LogP contribution in [0.1, 0.15) is 10.4 Å². The Bertz CT molecular complexity index is 1210. The first kappa shape index (κ1) is 19.5. The summed E-state index contributed by atoms with van der Waals surface area (Å²) < 4.78 is 6.17. The molecule has 4 rings (SSSR count). The van der Waals surface area contributed by atoms with Crippen molar-refractivity contribution in [3.05, 3.63) is 71.6 Å². The van der Waals surface area contributed by atoms with Gasteiger partial charge < -0.3 is 27.2 Å². The molecule has 28 heavy (non-hydrogen) atoms. The van der Waals surface area contributed by atoms with Crippen molar-refractivity contribution in [2.45, 2.75) is 0 Å². The number of fused-ring (bicyclic) bond motifs is 2. The molecule has 1 heterocycles. The highest BCUT2D eigenvalue weighted by atomic mass is 35.5. The van der Waals surface area contributed by atoms with Gasteiger partial charge in [0.2, 0.25) is 5.36 Å². The van der Waals surface area contributed by atoms with Crippen LogP contribution in [0.2, 0.25) is 0 Å². The zero-order valence-corrected chi connectivity index (χ0v) is 16.2. The van der Waals surface area contributed by atoms with Crippen LogP contribution in [-0.2, 0) is 0 Å². The molecule has 0 aromatic heterocycles. The summed E-state index contributed by atoms with van der Waals surface area (Å²) in [6, 6.07) is 18.8. The van der Waals surface area contributed by atoms with Crippen molar-refractivity contribution in [2.24, 2.45) is 0 Å². The van der Waals surface area contributed by atoms with Crippen LogP contribution in [0.4, 0.5) is 5.69 Å². The van der Waals surface area contributed by atoms with E-state index in [0.29, 0.717) is 16.9 Å². The third kappa shape index (κ3) is 3.21. The number of rotatable bonds is 3. The molecule has 1 aliphatic heterocycles. The molecule has 0 bridgehead atoms. The van der Waals surface area contributed by atoms with Crippen LogP contribution >= 0.6 is 0 Å².